The van der Waals surface area contributed by atoms with Gasteiger partial charge in [0.05, 0.1) is 31.4 Å². The van der Waals surface area contributed by atoms with E-state index >= 15 is 0 Å². The molecule has 6 aromatic rings. The van der Waals surface area contributed by atoms with Gasteiger partial charge in [-0.25, -0.2) is 0 Å². The topological polar surface area (TPSA) is 95.3 Å². The maximum absolute atomic E-state index is 13.0. The minimum Gasteiger partial charge on any atom is -0.495 e. The van der Waals surface area contributed by atoms with Gasteiger partial charge in [-0.3, -0.25) is 9.36 Å². The summed E-state index contributed by atoms with van der Waals surface area (Å²) in [7, 11) is 1.58. The lowest BCUT2D eigenvalue weighted by molar-refractivity contribution is -0.113. The Morgan fingerprint density at radius 3 is 2.66 bits per heavy atom. The molecular formula is C29H24N4O4S. The Kier molecular flexibility index (Phi) is 6.35. The zero-order valence-corrected chi connectivity index (χ0v) is 21.6. The molecule has 1 amide bonds. The number of furan rings is 2. The highest BCUT2D eigenvalue weighted by molar-refractivity contribution is 7.99. The summed E-state index contributed by atoms with van der Waals surface area (Å²) in [4.78, 5) is 13.0. The molecule has 1 N–H and O–H groups in total. The van der Waals surface area contributed by atoms with Gasteiger partial charge >= 0.3 is 0 Å². The van der Waals surface area contributed by atoms with Crippen LogP contribution in [0.3, 0.4) is 0 Å². The molecule has 0 spiro atoms. The third kappa shape index (κ3) is 4.52. The molecule has 0 aliphatic heterocycles. The number of aryl methyl sites for hydroxylation is 1. The van der Waals surface area contributed by atoms with Crippen LogP contribution in [0.5, 0.6) is 5.75 Å². The van der Waals surface area contributed by atoms with Crippen LogP contribution in [-0.4, -0.2) is 33.5 Å². The first-order chi connectivity index (χ1) is 18.6. The molecule has 6 rings (SSSR count). The number of carbonyl (C=O) groups excluding carboxylic acids is 1. The summed E-state index contributed by atoms with van der Waals surface area (Å²) < 4.78 is 19.1. The molecule has 3 aromatic carbocycles. The van der Waals surface area contributed by atoms with Crippen LogP contribution < -0.4 is 10.1 Å². The summed E-state index contributed by atoms with van der Waals surface area (Å²) in [5, 5.41) is 14.4. The van der Waals surface area contributed by atoms with E-state index in [-0.39, 0.29) is 11.7 Å². The van der Waals surface area contributed by atoms with Crippen LogP contribution in [0.1, 0.15) is 11.3 Å². The number of hydrogen-bond donors (Lipinski definition) is 1. The van der Waals surface area contributed by atoms with Crippen molar-refractivity contribution in [2.45, 2.75) is 18.6 Å². The third-order valence-electron chi connectivity index (χ3n) is 6.30. The summed E-state index contributed by atoms with van der Waals surface area (Å²) in [5.41, 5.74) is 4.07. The highest BCUT2D eigenvalue weighted by Gasteiger charge is 2.19. The number of nitrogens with one attached hydrogen (secondary N) is 1. The van der Waals surface area contributed by atoms with E-state index in [4.69, 9.17) is 13.6 Å². The van der Waals surface area contributed by atoms with Crippen LogP contribution in [0, 0.1) is 6.92 Å². The van der Waals surface area contributed by atoms with Crippen LogP contribution in [0.4, 0.5) is 5.69 Å². The predicted molar refractivity (Wildman–Crippen MR) is 148 cm³/mol. The Labute approximate surface area is 222 Å². The first-order valence-electron chi connectivity index (χ1n) is 12.0. The molecule has 0 fully saturated rings. The highest BCUT2D eigenvalue weighted by Crippen LogP contribution is 2.36. The first kappa shape index (κ1) is 23.9. The van der Waals surface area contributed by atoms with Gasteiger partial charge in [-0.1, -0.05) is 54.2 Å². The van der Waals surface area contributed by atoms with Crippen LogP contribution in [0.25, 0.3) is 33.3 Å². The van der Waals surface area contributed by atoms with E-state index in [1.807, 2.05) is 78.2 Å². The third-order valence-corrected chi connectivity index (χ3v) is 7.27. The molecule has 38 heavy (non-hydrogen) atoms. The Bertz CT molecular complexity index is 1750. The lowest BCUT2D eigenvalue weighted by Crippen LogP contribution is -2.15. The second-order valence-electron chi connectivity index (χ2n) is 8.77. The van der Waals surface area contributed by atoms with Gasteiger partial charge < -0.3 is 18.9 Å². The number of aromatic nitrogens is 3. The molecule has 0 saturated carbocycles. The molecule has 8 nitrogen and oxygen atoms in total. The van der Waals surface area contributed by atoms with E-state index in [0.717, 1.165) is 39.1 Å². The van der Waals surface area contributed by atoms with Crippen molar-refractivity contribution in [3.05, 3.63) is 90.4 Å². The van der Waals surface area contributed by atoms with Crippen LogP contribution in [-0.2, 0) is 11.3 Å². The molecule has 0 saturated heterocycles. The largest absolute Gasteiger partial charge is 0.495 e. The van der Waals surface area contributed by atoms with E-state index in [0.29, 0.717) is 28.7 Å². The summed E-state index contributed by atoms with van der Waals surface area (Å²) in [5.74, 6) is 1.99. The van der Waals surface area contributed by atoms with Gasteiger partial charge in [0.15, 0.2) is 11.0 Å². The summed E-state index contributed by atoms with van der Waals surface area (Å²) >= 11 is 1.31. The predicted octanol–water partition coefficient (Wildman–Crippen LogP) is 6.53. The van der Waals surface area contributed by atoms with E-state index in [1.165, 1.54) is 11.8 Å². The average molecular weight is 525 g/mol. The van der Waals surface area contributed by atoms with Gasteiger partial charge in [-0.15, -0.1) is 10.2 Å². The van der Waals surface area contributed by atoms with Crippen molar-refractivity contribution in [2.24, 2.45) is 0 Å². The second kappa shape index (κ2) is 10.1. The summed E-state index contributed by atoms with van der Waals surface area (Å²) in [6.07, 6.45) is 1.64. The molecule has 0 unspecified atom stereocenters. The monoisotopic (exact) mass is 524 g/mol. The fourth-order valence-electron chi connectivity index (χ4n) is 4.45. The maximum Gasteiger partial charge on any atom is 0.234 e. The van der Waals surface area contributed by atoms with Gasteiger partial charge in [-0.05, 0) is 36.8 Å². The van der Waals surface area contributed by atoms with E-state index in [1.54, 1.807) is 19.4 Å². The number of fused-ring (bicyclic) bond motifs is 3. The van der Waals surface area contributed by atoms with Crippen molar-refractivity contribution in [1.29, 1.82) is 0 Å². The molecule has 3 heterocycles. The fourth-order valence-corrected chi connectivity index (χ4v) is 5.19. The molecule has 0 atom stereocenters. The quantitative estimate of drug-likeness (QED) is 0.226. The van der Waals surface area contributed by atoms with Gasteiger partial charge in [0.1, 0.15) is 22.7 Å². The van der Waals surface area contributed by atoms with Crippen molar-refractivity contribution < 1.29 is 18.4 Å². The van der Waals surface area contributed by atoms with Gasteiger partial charge in [0, 0.05) is 22.4 Å². The number of nitrogens with zero attached hydrogens (tertiary/aromatic N) is 3. The number of hydrogen-bond acceptors (Lipinski definition) is 7. The number of rotatable bonds is 8. The fraction of sp³-hybridized carbons (Fsp3) is 0.138. The number of benzene rings is 3. The minimum atomic E-state index is -0.200. The first-order valence-corrected chi connectivity index (χ1v) is 13.0. The summed E-state index contributed by atoms with van der Waals surface area (Å²) in [6, 6.07) is 23.3. The molecule has 0 aliphatic carbocycles. The van der Waals surface area contributed by atoms with E-state index < -0.39 is 0 Å². The van der Waals surface area contributed by atoms with Crippen LogP contribution in [0.2, 0.25) is 0 Å². The van der Waals surface area contributed by atoms with Crippen molar-refractivity contribution in [3.63, 3.8) is 0 Å². The Morgan fingerprint density at radius 2 is 1.84 bits per heavy atom. The Morgan fingerprint density at radius 1 is 1.00 bits per heavy atom. The number of amides is 1. The molecule has 0 bridgehead atoms. The molecule has 0 radical (unpaired) electrons. The minimum absolute atomic E-state index is 0.130. The molecule has 0 aliphatic rings. The van der Waals surface area contributed by atoms with Crippen molar-refractivity contribution >= 4 is 45.3 Å². The summed E-state index contributed by atoms with van der Waals surface area (Å²) in [6.45, 7) is 2.48. The van der Waals surface area contributed by atoms with E-state index in [2.05, 4.69) is 15.5 Å². The van der Waals surface area contributed by atoms with Gasteiger partial charge in [-0.2, -0.15) is 0 Å². The smallest absolute Gasteiger partial charge is 0.234 e. The normalized spacial score (nSPS) is 11.3. The lowest BCUT2D eigenvalue weighted by atomic mass is 10.1. The van der Waals surface area contributed by atoms with E-state index in [9.17, 15) is 4.79 Å². The van der Waals surface area contributed by atoms with Gasteiger partial charge in [0.25, 0.3) is 0 Å². The van der Waals surface area contributed by atoms with Crippen LogP contribution >= 0.6 is 11.8 Å². The average Bonchev–Trinajstić information content (AvgIpc) is 3.67. The van der Waals surface area contributed by atoms with Crippen molar-refractivity contribution in [3.8, 4) is 17.1 Å². The molecule has 3 aromatic heterocycles. The van der Waals surface area contributed by atoms with Gasteiger partial charge in [0.2, 0.25) is 5.91 Å². The molecule has 190 valence electrons. The number of para-hydroxylation sites is 1. The number of anilines is 1. The lowest BCUT2D eigenvalue weighted by Gasteiger charge is -2.12. The number of thioether (sulfide) groups is 1. The van der Waals surface area contributed by atoms with Crippen molar-refractivity contribution in [1.82, 2.24) is 14.8 Å². The molecule has 9 heteroatoms. The number of carbonyl (C=O) groups is 1. The Hall–Kier alpha value is -4.50. The zero-order chi connectivity index (χ0) is 26.1. The SMILES string of the molecule is COc1cc2c(cc1NC(=O)CSc1nnc(-c3ccccc3C)n1Cc1ccco1)oc1ccccc12. The highest BCUT2D eigenvalue weighted by atomic mass is 32.2. The van der Waals surface area contributed by atoms with Crippen molar-refractivity contribution in [2.75, 3.05) is 18.2 Å². The van der Waals surface area contributed by atoms with Crippen LogP contribution in [0.15, 0.2) is 93.1 Å². The Balaban J connectivity index is 1.25. The zero-order valence-electron chi connectivity index (χ0n) is 20.8. The number of methoxy groups -OCH3 is 1. The molecular weight excluding hydrogens is 500 g/mol. The number of ether oxygens (including phenoxy) is 1. The standard InChI is InChI=1S/C29H24N4O4S/c1-18-8-3-4-10-20(18)28-31-32-29(33(28)16-19-9-7-13-36-19)38-17-27(34)30-23-15-25-22(14-26(23)35-2)21-11-5-6-12-24(21)37-25/h3-15H,16-17H2,1-2H3,(H,30,34). The second-order valence-corrected chi connectivity index (χ2v) is 9.71. The maximum atomic E-state index is 13.0.